The molecule has 0 atom stereocenters. The van der Waals surface area contributed by atoms with Crippen LogP contribution in [0.5, 0.6) is 5.75 Å². The zero-order valence-corrected chi connectivity index (χ0v) is 15.8. The number of hydrogen-bond acceptors (Lipinski definition) is 5. The number of amides is 1. The second-order valence-corrected chi connectivity index (χ2v) is 6.56. The van der Waals surface area contributed by atoms with E-state index in [0.717, 1.165) is 15.7 Å². The van der Waals surface area contributed by atoms with E-state index >= 15 is 0 Å². The van der Waals surface area contributed by atoms with Gasteiger partial charge in [0.2, 0.25) is 0 Å². The number of nitrogens with zero attached hydrogens (tertiary/aromatic N) is 2. The molecule has 0 saturated carbocycles. The van der Waals surface area contributed by atoms with Crippen LogP contribution in [0.15, 0.2) is 58.1 Å². The van der Waals surface area contributed by atoms with Crippen LogP contribution in [0.25, 0.3) is 0 Å². The summed E-state index contributed by atoms with van der Waals surface area (Å²) in [7, 11) is 0. The predicted molar refractivity (Wildman–Crippen MR) is 105 cm³/mol. The van der Waals surface area contributed by atoms with Crippen molar-refractivity contribution >= 4 is 33.7 Å². The third-order valence-electron chi connectivity index (χ3n) is 3.85. The van der Waals surface area contributed by atoms with Gasteiger partial charge in [-0.1, -0.05) is 18.2 Å². The van der Waals surface area contributed by atoms with Gasteiger partial charge in [0.1, 0.15) is 5.75 Å². The second-order valence-electron chi connectivity index (χ2n) is 5.71. The van der Waals surface area contributed by atoms with Gasteiger partial charge in [-0.15, -0.1) is 0 Å². The van der Waals surface area contributed by atoms with Crippen molar-refractivity contribution in [3.8, 4) is 5.75 Å². The molecule has 0 unspecified atom stereocenters. The number of carbonyl (C=O) groups excluding carboxylic acids is 1. The van der Waals surface area contributed by atoms with E-state index in [1.165, 1.54) is 0 Å². The molecule has 2 aromatic rings. The summed E-state index contributed by atoms with van der Waals surface area (Å²) < 4.78 is 11.7. The number of para-hydroxylation sites is 1. The fourth-order valence-corrected chi connectivity index (χ4v) is 2.96. The maximum absolute atomic E-state index is 12.1. The summed E-state index contributed by atoms with van der Waals surface area (Å²) >= 11 is 3.48. The Kier molecular flexibility index (Phi) is 6.62. The third kappa shape index (κ3) is 5.31. The molecule has 26 heavy (non-hydrogen) atoms. The van der Waals surface area contributed by atoms with E-state index in [-0.39, 0.29) is 12.5 Å². The Hall–Kier alpha value is -2.38. The van der Waals surface area contributed by atoms with E-state index in [1.807, 2.05) is 48.5 Å². The Morgan fingerprint density at radius 2 is 2.00 bits per heavy atom. The van der Waals surface area contributed by atoms with Gasteiger partial charge < -0.3 is 14.4 Å². The number of carbonyl (C=O) groups is 1. The maximum atomic E-state index is 12.1. The molecule has 3 rings (SSSR count). The molecular weight excluding hydrogens is 398 g/mol. The van der Waals surface area contributed by atoms with Crippen LogP contribution in [0.4, 0.5) is 5.69 Å². The van der Waals surface area contributed by atoms with Gasteiger partial charge in [-0.05, 0) is 51.8 Å². The number of benzene rings is 2. The van der Waals surface area contributed by atoms with Crippen molar-refractivity contribution in [2.24, 2.45) is 5.10 Å². The van der Waals surface area contributed by atoms with Crippen molar-refractivity contribution in [2.75, 3.05) is 38.3 Å². The van der Waals surface area contributed by atoms with Crippen LogP contribution in [0.1, 0.15) is 5.56 Å². The molecular formula is C19H20BrN3O3. The van der Waals surface area contributed by atoms with Gasteiger partial charge in [-0.2, -0.15) is 5.10 Å². The summed E-state index contributed by atoms with van der Waals surface area (Å²) in [5, 5.41) is 4.21. The molecule has 0 aromatic heterocycles. The van der Waals surface area contributed by atoms with E-state index in [0.29, 0.717) is 32.1 Å². The van der Waals surface area contributed by atoms with Crippen molar-refractivity contribution in [3.05, 3.63) is 58.6 Å². The van der Waals surface area contributed by atoms with Crippen LogP contribution in [-0.4, -0.2) is 49.9 Å². The quantitative estimate of drug-likeness (QED) is 0.579. The number of hydrogen-bond donors (Lipinski definition) is 1. The average Bonchev–Trinajstić information content (AvgIpc) is 2.68. The number of nitrogens with one attached hydrogen (secondary N) is 1. The minimum atomic E-state index is -0.0297. The summed E-state index contributed by atoms with van der Waals surface area (Å²) in [5.74, 6) is 0.595. The Bertz CT molecular complexity index is 762. The van der Waals surface area contributed by atoms with Crippen molar-refractivity contribution < 1.29 is 14.3 Å². The molecule has 0 radical (unpaired) electrons. The average molecular weight is 418 g/mol. The monoisotopic (exact) mass is 417 g/mol. The van der Waals surface area contributed by atoms with Gasteiger partial charge >= 0.3 is 0 Å². The van der Waals surface area contributed by atoms with E-state index in [2.05, 4.69) is 26.5 Å². The van der Waals surface area contributed by atoms with Crippen molar-refractivity contribution in [1.82, 2.24) is 4.90 Å². The van der Waals surface area contributed by atoms with Gasteiger partial charge in [-0.25, -0.2) is 0 Å². The SMILES string of the molecule is O=C(COc1ccc(/C=N\Nc2ccccc2)cc1Br)N1CCOCC1. The lowest BCUT2D eigenvalue weighted by atomic mass is 10.2. The third-order valence-corrected chi connectivity index (χ3v) is 4.47. The topological polar surface area (TPSA) is 63.2 Å². The largest absolute Gasteiger partial charge is 0.483 e. The zero-order chi connectivity index (χ0) is 18.2. The maximum Gasteiger partial charge on any atom is 0.260 e. The summed E-state index contributed by atoms with van der Waals surface area (Å²) in [5.41, 5.74) is 4.80. The molecule has 2 aromatic carbocycles. The van der Waals surface area contributed by atoms with Gasteiger partial charge in [0.05, 0.1) is 29.6 Å². The summed E-state index contributed by atoms with van der Waals surface area (Å²) in [6, 6.07) is 15.3. The number of hydrazone groups is 1. The highest BCUT2D eigenvalue weighted by Gasteiger charge is 2.17. The lowest BCUT2D eigenvalue weighted by Gasteiger charge is -2.26. The summed E-state index contributed by atoms with van der Waals surface area (Å²) in [4.78, 5) is 13.9. The highest BCUT2D eigenvalue weighted by atomic mass is 79.9. The smallest absolute Gasteiger partial charge is 0.260 e. The molecule has 1 heterocycles. The second kappa shape index (κ2) is 9.35. The van der Waals surface area contributed by atoms with Gasteiger partial charge in [-0.3, -0.25) is 10.2 Å². The molecule has 1 N–H and O–H groups in total. The molecule has 7 heteroatoms. The van der Waals surface area contributed by atoms with Crippen LogP contribution in [0.3, 0.4) is 0 Å². The first kappa shape index (κ1) is 18.4. The minimum Gasteiger partial charge on any atom is -0.483 e. The van der Waals surface area contributed by atoms with Gasteiger partial charge in [0.25, 0.3) is 5.91 Å². The Morgan fingerprint density at radius 3 is 2.73 bits per heavy atom. The molecule has 6 nitrogen and oxygen atoms in total. The van der Waals surface area contributed by atoms with Crippen molar-refractivity contribution in [1.29, 1.82) is 0 Å². The van der Waals surface area contributed by atoms with E-state index in [4.69, 9.17) is 9.47 Å². The summed E-state index contributed by atoms with van der Waals surface area (Å²) in [6.07, 6.45) is 1.72. The number of rotatable bonds is 6. The highest BCUT2D eigenvalue weighted by molar-refractivity contribution is 9.10. The number of anilines is 1. The zero-order valence-electron chi connectivity index (χ0n) is 14.2. The molecule has 0 bridgehead atoms. The highest BCUT2D eigenvalue weighted by Crippen LogP contribution is 2.25. The van der Waals surface area contributed by atoms with Crippen LogP contribution < -0.4 is 10.2 Å². The minimum absolute atomic E-state index is 0.0155. The number of ether oxygens (including phenoxy) is 2. The lowest BCUT2D eigenvalue weighted by Crippen LogP contribution is -2.43. The van der Waals surface area contributed by atoms with Gasteiger partial charge in [0.15, 0.2) is 6.61 Å². The van der Waals surface area contributed by atoms with E-state index < -0.39 is 0 Å². The van der Waals surface area contributed by atoms with Gasteiger partial charge in [0, 0.05) is 13.1 Å². The first-order chi connectivity index (χ1) is 12.7. The lowest BCUT2D eigenvalue weighted by molar-refractivity contribution is -0.137. The molecule has 0 spiro atoms. The number of halogens is 1. The van der Waals surface area contributed by atoms with Crippen LogP contribution >= 0.6 is 15.9 Å². The fourth-order valence-electron chi connectivity index (χ4n) is 2.45. The molecule has 1 fully saturated rings. The Morgan fingerprint density at radius 1 is 1.23 bits per heavy atom. The van der Waals surface area contributed by atoms with Crippen molar-refractivity contribution in [2.45, 2.75) is 0 Å². The molecule has 0 aliphatic carbocycles. The van der Waals surface area contributed by atoms with Crippen molar-refractivity contribution in [3.63, 3.8) is 0 Å². The van der Waals surface area contributed by atoms with Crippen LogP contribution in [0.2, 0.25) is 0 Å². The molecule has 1 aliphatic heterocycles. The Balaban J connectivity index is 1.52. The fraction of sp³-hybridized carbons (Fsp3) is 0.263. The molecule has 1 aliphatic rings. The first-order valence-corrected chi connectivity index (χ1v) is 9.14. The molecule has 1 amide bonds. The number of morpholine rings is 1. The predicted octanol–water partition coefficient (Wildman–Crippen LogP) is 3.13. The van der Waals surface area contributed by atoms with E-state index in [9.17, 15) is 4.79 Å². The van der Waals surface area contributed by atoms with E-state index in [1.54, 1.807) is 11.1 Å². The molecule has 136 valence electrons. The summed E-state index contributed by atoms with van der Waals surface area (Å²) in [6.45, 7) is 2.42. The standard InChI is InChI=1S/C19H20BrN3O3/c20-17-12-15(13-21-22-16-4-2-1-3-5-16)6-7-18(17)26-14-19(24)23-8-10-25-11-9-23/h1-7,12-13,22H,8-11,14H2/b21-13-. The van der Waals surface area contributed by atoms with Crippen LogP contribution in [-0.2, 0) is 9.53 Å². The Labute approximate surface area is 160 Å². The first-order valence-electron chi connectivity index (χ1n) is 8.34. The molecule has 1 saturated heterocycles. The normalized spacial score (nSPS) is 14.4. The van der Waals surface area contributed by atoms with Crippen LogP contribution in [0, 0.1) is 0 Å².